The van der Waals surface area contributed by atoms with E-state index in [1.165, 1.54) is 6.07 Å². The molecule has 1 aliphatic heterocycles. The van der Waals surface area contributed by atoms with Crippen LogP contribution >= 0.6 is 0 Å². The minimum atomic E-state index is -4.45. The van der Waals surface area contributed by atoms with Crippen LogP contribution in [0.5, 0.6) is 0 Å². The highest BCUT2D eigenvalue weighted by Gasteiger charge is 2.31. The lowest BCUT2D eigenvalue weighted by Crippen LogP contribution is -2.36. The van der Waals surface area contributed by atoms with Gasteiger partial charge in [-0.25, -0.2) is 9.78 Å². The molecule has 0 spiro atoms. The number of carbonyl (C=O) groups excluding carboxylic acids is 1. The molecule has 4 rings (SSSR count). The Balaban J connectivity index is 1.76. The maximum absolute atomic E-state index is 13.7. The molecule has 0 atom stereocenters. The Hall–Kier alpha value is -3.55. The molecule has 0 unspecified atom stereocenters. The Morgan fingerprint density at radius 1 is 0.972 bits per heavy atom. The maximum Gasteiger partial charge on any atom is 0.416 e. The normalized spacial score (nSPS) is 13.8. The number of pyridine rings is 1. The molecule has 2 amide bonds. The van der Waals surface area contributed by atoms with Gasteiger partial charge in [0.1, 0.15) is 0 Å². The minimum absolute atomic E-state index is 0.293. The summed E-state index contributed by atoms with van der Waals surface area (Å²) in [6, 6.07) is 14.4. The molecule has 3 aromatic rings. The lowest BCUT2D eigenvalue weighted by Gasteiger charge is -2.26. The molecule has 0 fully saturated rings. The number of hydrogen-bond acceptors (Lipinski definition) is 3. The van der Waals surface area contributed by atoms with Crippen molar-refractivity contribution in [3.05, 3.63) is 71.3 Å². The number of urea groups is 1. The van der Waals surface area contributed by atoms with Crippen molar-refractivity contribution < 1.29 is 18.0 Å². The molecule has 0 saturated heterocycles. The summed E-state index contributed by atoms with van der Waals surface area (Å²) in [5.41, 5.74) is 3.73. The first-order valence-electron chi connectivity index (χ1n) is 12.4. The Bertz CT molecular complexity index is 1220. The zero-order valence-corrected chi connectivity index (χ0v) is 20.8. The highest BCUT2D eigenvalue weighted by atomic mass is 19.4. The topological polar surface area (TPSA) is 48.5 Å². The van der Waals surface area contributed by atoms with Crippen LogP contribution in [0.25, 0.3) is 11.3 Å². The number of fused-ring (bicyclic) bond motifs is 1. The van der Waals surface area contributed by atoms with Gasteiger partial charge in [-0.05, 0) is 61.6 Å². The first kappa shape index (κ1) is 25.5. The molecule has 1 N–H and O–H groups in total. The third-order valence-corrected chi connectivity index (χ3v) is 6.60. The Labute approximate surface area is 210 Å². The van der Waals surface area contributed by atoms with E-state index in [9.17, 15) is 18.0 Å². The van der Waals surface area contributed by atoms with E-state index < -0.39 is 11.7 Å². The molecule has 190 valence electrons. The summed E-state index contributed by atoms with van der Waals surface area (Å²) in [6.45, 7) is 8.06. The molecule has 36 heavy (non-hydrogen) atoms. The highest BCUT2D eigenvalue weighted by Crippen LogP contribution is 2.36. The predicted octanol–water partition coefficient (Wildman–Crippen LogP) is 7.16. The Morgan fingerprint density at radius 3 is 2.31 bits per heavy atom. The Kier molecular flexibility index (Phi) is 7.52. The third kappa shape index (κ3) is 5.17. The van der Waals surface area contributed by atoms with Crippen LogP contribution < -0.4 is 15.1 Å². The van der Waals surface area contributed by atoms with Gasteiger partial charge in [-0.2, -0.15) is 13.2 Å². The van der Waals surface area contributed by atoms with E-state index in [0.29, 0.717) is 23.6 Å². The van der Waals surface area contributed by atoms with E-state index in [0.717, 1.165) is 67.0 Å². The van der Waals surface area contributed by atoms with Gasteiger partial charge >= 0.3 is 12.2 Å². The Morgan fingerprint density at radius 2 is 1.67 bits per heavy atom. The molecule has 0 bridgehead atoms. The minimum Gasteiger partial charge on any atom is -0.369 e. The SMILES string of the molecule is CCc1cccc(CC)c1NC(=O)N1CCCN(CC)c2ccc(-c3cccc(C(F)(F)F)c3)nc21. The molecule has 0 aliphatic carbocycles. The number of alkyl halides is 3. The summed E-state index contributed by atoms with van der Waals surface area (Å²) in [7, 11) is 0. The second kappa shape index (κ2) is 10.6. The summed E-state index contributed by atoms with van der Waals surface area (Å²) >= 11 is 0. The van der Waals surface area contributed by atoms with Gasteiger partial charge < -0.3 is 10.2 Å². The van der Waals surface area contributed by atoms with Crippen LogP contribution in [0.3, 0.4) is 0 Å². The van der Waals surface area contributed by atoms with Crippen molar-refractivity contribution in [1.29, 1.82) is 0 Å². The highest BCUT2D eigenvalue weighted by molar-refractivity contribution is 6.04. The van der Waals surface area contributed by atoms with Crippen LogP contribution in [0.1, 0.15) is 43.9 Å². The van der Waals surface area contributed by atoms with Crippen molar-refractivity contribution in [3.63, 3.8) is 0 Å². The molecular weight excluding hydrogens is 465 g/mol. The average molecular weight is 497 g/mol. The molecule has 0 saturated carbocycles. The summed E-state index contributed by atoms with van der Waals surface area (Å²) in [6.07, 6.45) is -2.15. The number of anilines is 3. The van der Waals surface area contributed by atoms with E-state index in [1.807, 2.05) is 45.0 Å². The van der Waals surface area contributed by atoms with Crippen LogP contribution in [0.15, 0.2) is 54.6 Å². The monoisotopic (exact) mass is 496 g/mol. The largest absolute Gasteiger partial charge is 0.416 e. The number of carbonyl (C=O) groups is 1. The number of halogens is 3. The molecule has 1 aliphatic rings. The second-order valence-electron chi connectivity index (χ2n) is 8.79. The number of hydrogen-bond donors (Lipinski definition) is 1. The molecule has 2 heterocycles. The number of amides is 2. The van der Waals surface area contributed by atoms with Gasteiger partial charge in [-0.15, -0.1) is 0 Å². The van der Waals surface area contributed by atoms with E-state index in [2.05, 4.69) is 10.2 Å². The summed E-state index contributed by atoms with van der Waals surface area (Å²) in [5, 5.41) is 3.12. The standard InChI is InChI=1S/C28H31F3N4O/c1-4-19-10-7-11-20(5-2)25(19)33-27(36)35-17-9-16-34(6-3)24-15-14-23(32-26(24)35)21-12-8-13-22(18-21)28(29,30)31/h7-8,10-15,18H,4-6,9,16-17H2,1-3H3,(H,33,36). The first-order valence-corrected chi connectivity index (χ1v) is 12.4. The zero-order chi connectivity index (χ0) is 25.9. The van der Waals surface area contributed by atoms with Crippen LogP contribution in [0.2, 0.25) is 0 Å². The molecule has 1 aromatic heterocycles. The van der Waals surface area contributed by atoms with Crippen molar-refractivity contribution in [2.24, 2.45) is 0 Å². The second-order valence-corrected chi connectivity index (χ2v) is 8.79. The maximum atomic E-state index is 13.7. The van der Waals surface area contributed by atoms with E-state index in [1.54, 1.807) is 17.0 Å². The average Bonchev–Trinajstić information content (AvgIpc) is 3.07. The predicted molar refractivity (Wildman–Crippen MR) is 139 cm³/mol. The smallest absolute Gasteiger partial charge is 0.369 e. The molecule has 5 nitrogen and oxygen atoms in total. The fourth-order valence-corrected chi connectivity index (χ4v) is 4.65. The van der Waals surface area contributed by atoms with E-state index in [-0.39, 0.29) is 6.03 Å². The molecule has 8 heteroatoms. The number of para-hydroxylation sites is 1. The zero-order valence-electron chi connectivity index (χ0n) is 20.8. The van der Waals surface area contributed by atoms with Crippen molar-refractivity contribution in [3.8, 4) is 11.3 Å². The number of nitrogens with zero attached hydrogens (tertiary/aromatic N) is 3. The van der Waals surface area contributed by atoms with Crippen molar-refractivity contribution >= 4 is 23.2 Å². The van der Waals surface area contributed by atoms with Gasteiger partial charge in [0.2, 0.25) is 0 Å². The van der Waals surface area contributed by atoms with Crippen LogP contribution in [0, 0.1) is 0 Å². The number of benzene rings is 2. The van der Waals surface area contributed by atoms with Gasteiger partial charge in [-0.3, -0.25) is 4.90 Å². The van der Waals surface area contributed by atoms with Crippen LogP contribution in [-0.4, -0.2) is 30.6 Å². The number of nitrogens with one attached hydrogen (secondary N) is 1. The fourth-order valence-electron chi connectivity index (χ4n) is 4.65. The lowest BCUT2D eigenvalue weighted by atomic mass is 10.0. The van der Waals surface area contributed by atoms with Gasteiger partial charge in [0, 0.05) is 30.9 Å². The molecule has 0 radical (unpaired) electrons. The molecular formula is C28H31F3N4O. The lowest BCUT2D eigenvalue weighted by molar-refractivity contribution is -0.137. The fraction of sp³-hybridized carbons (Fsp3) is 0.357. The van der Waals surface area contributed by atoms with Crippen LogP contribution in [0.4, 0.5) is 35.2 Å². The van der Waals surface area contributed by atoms with Gasteiger partial charge in [-0.1, -0.05) is 44.2 Å². The summed E-state index contributed by atoms with van der Waals surface area (Å²) < 4.78 is 40.0. The van der Waals surface area contributed by atoms with Crippen molar-refractivity contribution in [1.82, 2.24) is 4.98 Å². The molecule has 2 aromatic carbocycles. The number of aromatic nitrogens is 1. The third-order valence-electron chi connectivity index (χ3n) is 6.60. The van der Waals surface area contributed by atoms with Crippen molar-refractivity contribution in [2.45, 2.75) is 46.2 Å². The van der Waals surface area contributed by atoms with E-state index in [4.69, 9.17) is 4.98 Å². The van der Waals surface area contributed by atoms with Gasteiger partial charge in [0.25, 0.3) is 0 Å². The number of aryl methyl sites for hydroxylation is 2. The van der Waals surface area contributed by atoms with Gasteiger partial charge in [0.05, 0.1) is 16.9 Å². The van der Waals surface area contributed by atoms with E-state index >= 15 is 0 Å². The quantitative estimate of drug-likeness (QED) is 0.408. The summed E-state index contributed by atoms with van der Waals surface area (Å²) in [5.74, 6) is 0.453. The van der Waals surface area contributed by atoms with Gasteiger partial charge in [0.15, 0.2) is 5.82 Å². The number of rotatable bonds is 5. The van der Waals surface area contributed by atoms with Crippen LogP contribution in [-0.2, 0) is 19.0 Å². The first-order chi connectivity index (χ1) is 17.3. The summed E-state index contributed by atoms with van der Waals surface area (Å²) in [4.78, 5) is 22.2. The van der Waals surface area contributed by atoms with Crippen molar-refractivity contribution in [2.75, 3.05) is 34.8 Å².